The first-order valence-electron chi connectivity index (χ1n) is 4.15. The molecule has 0 saturated carbocycles. The highest BCUT2D eigenvalue weighted by atomic mass is 35.5. The summed E-state index contributed by atoms with van der Waals surface area (Å²) in [5.41, 5.74) is 1.81. The summed E-state index contributed by atoms with van der Waals surface area (Å²) in [5, 5.41) is 0.389. The maximum atomic E-state index is 10.3. The Morgan fingerprint density at radius 1 is 1.50 bits per heavy atom. The highest BCUT2D eigenvalue weighted by Crippen LogP contribution is 2.29. The van der Waals surface area contributed by atoms with Crippen LogP contribution in [0.15, 0.2) is 24.3 Å². The molecule has 0 aliphatic heterocycles. The number of methoxy groups -OCH3 is 1. The van der Waals surface area contributed by atoms with Crippen LogP contribution >= 0.6 is 11.6 Å². The van der Waals surface area contributed by atoms with Gasteiger partial charge in [-0.2, -0.15) is 0 Å². The normalized spacial score (nSPS) is 11.2. The first-order chi connectivity index (χ1) is 6.69. The van der Waals surface area contributed by atoms with Gasteiger partial charge in [-0.25, -0.2) is 0 Å². The summed E-state index contributed by atoms with van der Waals surface area (Å²) in [7, 11) is 1.57. The second-order valence-corrected chi connectivity index (χ2v) is 3.26. The van der Waals surface area contributed by atoms with E-state index in [9.17, 15) is 4.79 Å². The van der Waals surface area contributed by atoms with E-state index in [-0.39, 0.29) is 0 Å². The number of carbonyl (C=O) groups excluding carboxylic acids is 1. The Kier molecular flexibility index (Phi) is 3.72. The largest absolute Gasteiger partial charge is 0.496 e. The molecule has 1 aromatic carbocycles. The highest BCUT2D eigenvalue weighted by molar-refractivity contribution is 6.50. The lowest BCUT2D eigenvalue weighted by atomic mass is 10.1. The number of hydrogen-bond acceptors (Lipinski definition) is 2. The van der Waals surface area contributed by atoms with E-state index in [0.29, 0.717) is 17.1 Å². The van der Waals surface area contributed by atoms with Crippen LogP contribution in [0.4, 0.5) is 0 Å². The van der Waals surface area contributed by atoms with Gasteiger partial charge in [0.05, 0.1) is 12.1 Å². The quantitative estimate of drug-likeness (QED) is 0.567. The zero-order valence-electron chi connectivity index (χ0n) is 8.08. The second-order valence-electron chi connectivity index (χ2n) is 2.85. The first-order valence-corrected chi connectivity index (χ1v) is 4.53. The van der Waals surface area contributed by atoms with Gasteiger partial charge in [0.25, 0.3) is 0 Å². The molecule has 0 N–H and O–H groups in total. The molecule has 0 atom stereocenters. The third kappa shape index (κ3) is 2.36. The summed E-state index contributed by atoms with van der Waals surface area (Å²) < 4.78 is 5.13. The van der Waals surface area contributed by atoms with E-state index in [2.05, 4.69) is 0 Å². The van der Waals surface area contributed by atoms with E-state index in [1.54, 1.807) is 7.11 Å². The lowest BCUT2D eigenvalue weighted by Crippen LogP contribution is -1.89. The maximum Gasteiger partial charge on any atom is 0.144 e. The van der Waals surface area contributed by atoms with E-state index in [0.717, 1.165) is 11.1 Å². The molecule has 14 heavy (non-hydrogen) atoms. The van der Waals surface area contributed by atoms with Crippen molar-refractivity contribution in [2.45, 2.75) is 6.92 Å². The van der Waals surface area contributed by atoms with Gasteiger partial charge < -0.3 is 4.74 Å². The van der Waals surface area contributed by atoms with Crippen LogP contribution in [0.1, 0.15) is 11.1 Å². The Morgan fingerprint density at radius 3 is 2.79 bits per heavy atom. The van der Waals surface area contributed by atoms with Gasteiger partial charge in [-0.05, 0) is 25.1 Å². The zero-order valence-corrected chi connectivity index (χ0v) is 8.84. The van der Waals surface area contributed by atoms with E-state index in [1.807, 2.05) is 25.1 Å². The molecule has 0 unspecified atom stereocenters. The SMILES string of the molecule is COc1ccc(C)cc1C(Cl)=CC=O. The van der Waals surface area contributed by atoms with Crippen LogP contribution in [-0.4, -0.2) is 13.4 Å². The molecule has 0 aliphatic carbocycles. The molecule has 3 heteroatoms. The number of halogens is 1. The van der Waals surface area contributed by atoms with Gasteiger partial charge in [0.15, 0.2) is 0 Å². The number of benzene rings is 1. The molecule has 0 aromatic heterocycles. The van der Waals surface area contributed by atoms with Gasteiger partial charge >= 0.3 is 0 Å². The minimum atomic E-state index is 0.389. The van der Waals surface area contributed by atoms with Crippen LogP contribution in [0, 0.1) is 6.92 Å². The van der Waals surface area contributed by atoms with Gasteiger partial charge in [-0.3, -0.25) is 4.79 Å². The van der Waals surface area contributed by atoms with Crippen molar-refractivity contribution in [2.24, 2.45) is 0 Å². The van der Waals surface area contributed by atoms with E-state index < -0.39 is 0 Å². The third-order valence-electron chi connectivity index (χ3n) is 1.83. The smallest absolute Gasteiger partial charge is 0.144 e. The molecule has 1 rings (SSSR count). The number of aryl methyl sites for hydroxylation is 1. The van der Waals surface area contributed by atoms with Crippen molar-refractivity contribution in [2.75, 3.05) is 7.11 Å². The van der Waals surface area contributed by atoms with Gasteiger partial charge in [-0.1, -0.05) is 23.2 Å². The Balaban J connectivity index is 3.23. The molecule has 0 bridgehead atoms. The number of hydrogen-bond donors (Lipinski definition) is 0. The predicted octanol–water partition coefficient (Wildman–Crippen LogP) is 2.78. The summed E-state index contributed by atoms with van der Waals surface area (Å²) in [4.78, 5) is 10.3. The molecule has 0 aliphatic rings. The average Bonchev–Trinajstić information content (AvgIpc) is 2.18. The van der Waals surface area contributed by atoms with E-state index in [1.165, 1.54) is 6.08 Å². The van der Waals surface area contributed by atoms with Crippen molar-refractivity contribution in [3.05, 3.63) is 35.4 Å². The third-order valence-corrected chi connectivity index (χ3v) is 2.16. The minimum Gasteiger partial charge on any atom is -0.496 e. The van der Waals surface area contributed by atoms with Crippen molar-refractivity contribution in [3.63, 3.8) is 0 Å². The second kappa shape index (κ2) is 4.82. The Morgan fingerprint density at radius 2 is 2.21 bits per heavy atom. The molecule has 0 spiro atoms. The van der Waals surface area contributed by atoms with Crippen LogP contribution < -0.4 is 4.74 Å². The molecule has 74 valence electrons. The van der Waals surface area contributed by atoms with Crippen LogP contribution in [0.2, 0.25) is 0 Å². The van der Waals surface area contributed by atoms with Gasteiger partial charge in [0.2, 0.25) is 0 Å². The van der Waals surface area contributed by atoms with Crippen LogP contribution in [0.25, 0.3) is 5.03 Å². The number of allylic oxidation sites excluding steroid dienone is 1. The number of ether oxygens (including phenoxy) is 1. The summed E-state index contributed by atoms with van der Waals surface area (Å²) >= 11 is 5.91. The van der Waals surface area contributed by atoms with Crippen molar-refractivity contribution in [3.8, 4) is 5.75 Å². The van der Waals surface area contributed by atoms with E-state index in [4.69, 9.17) is 16.3 Å². The molecule has 0 amide bonds. The number of rotatable bonds is 3. The van der Waals surface area contributed by atoms with Crippen LogP contribution in [-0.2, 0) is 4.79 Å². The molecule has 0 radical (unpaired) electrons. The predicted molar refractivity (Wildman–Crippen MR) is 57.6 cm³/mol. The Labute approximate surface area is 88.1 Å². The van der Waals surface area contributed by atoms with Crippen LogP contribution in [0.3, 0.4) is 0 Å². The Hall–Kier alpha value is -1.28. The van der Waals surface area contributed by atoms with Crippen molar-refractivity contribution >= 4 is 22.9 Å². The van der Waals surface area contributed by atoms with Crippen LogP contribution in [0.5, 0.6) is 5.75 Å². The molecular weight excluding hydrogens is 200 g/mol. The molecule has 0 fully saturated rings. The summed E-state index contributed by atoms with van der Waals surface area (Å²) in [6.45, 7) is 1.95. The lowest BCUT2D eigenvalue weighted by molar-refractivity contribution is -0.104. The molecular formula is C11H11ClO2. The fourth-order valence-corrected chi connectivity index (χ4v) is 1.36. The Bertz CT molecular complexity index is 370. The topological polar surface area (TPSA) is 26.3 Å². The number of carbonyl (C=O) groups is 1. The fraction of sp³-hybridized carbons (Fsp3) is 0.182. The average molecular weight is 211 g/mol. The summed E-state index contributed by atoms with van der Waals surface area (Å²) in [6.07, 6.45) is 1.96. The highest BCUT2D eigenvalue weighted by Gasteiger charge is 2.05. The van der Waals surface area contributed by atoms with Gasteiger partial charge in [0.1, 0.15) is 12.0 Å². The molecule has 1 aromatic rings. The summed E-state index contributed by atoms with van der Waals surface area (Å²) in [6, 6.07) is 5.63. The molecule has 2 nitrogen and oxygen atoms in total. The van der Waals surface area contributed by atoms with Crippen molar-refractivity contribution in [1.82, 2.24) is 0 Å². The molecule has 0 saturated heterocycles. The van der Waals surface area contributed by atoms with E-state index >= 15 is 0 Å². The summed E-state index contributed by atoms with van der Waals surface area (Å²) in [5.74, 6) is 0.665. The standard InChI is InChI=1S/C11H11ClO2/c1-8-3-4-11(14-2)9(7-8)10(12)5-6-13/h3-7H,1-2H3. The van der Waals surface area contributed by atoms with Crippen molar-refractivity contribution < 1.29 is 9.53 Å². The monoisotopic (exact) mass is 210 g/mol. The first kappa shape index (κ1) is 10.8. The fourth-order valence-electron chi connectivity index (χ4n) is 1.16. The van der Waals surface area contributed by atoms with Gasteiger partial charge in [-0.15, -0.1) is 0 Å². The van der Waals surface area contributed by atoms with Crippen molar-refractivity contribution in [1.29, 1.82) is 0 Å². The zero-order chi connectivity index (χ0) is 10.6. The molecule has 0 heterocycles. The lowest BCUT2D eigenvalue weighted by Gasteiger charge is -2.07. The van der Waals surface area contributed by atoms with Gasteiger partial charge in [0, 0.05) is 5.56 Å². The maximum absolute atomic E-state index is 10.3. The minimum absolute atomic E-state index is 0.389. The number of aldehydes is 1.